The van der Waals surface area contributed by atoms with Gasteiger partial charge in [0.2, 0.25) is 0 Å². The van der Waals surface area contributed by atoms with Crippen LogP contribution in [-0.2, 0) is 24.8 Å². The smallest absolute Gasteiger partial charge is 0.294 e. The number of carbonyl (C=O) groups excluding carboxylic acids is 1. The second kappa shape index (κ2) is 7.67. The summed E-state index contributed by atoms with van der Waals surface area (Å²) in [5.74, 6) is -0.318. The molecular formula is C20H19N3O3S. The zero-order valence-corrected chi connectivity index (χ0v) is 16.1. The predicted molar refractivity (Wildman–Crippen MR) is 106 cm³/mol. The Labute approximate surface area is 158 Å². The molecule has 0 saturated heterocycles. The van der Waals surface area contributed by atoms with Gasteiger partial charge in [0.25, 0.3) is 5.56 Å². The SMILES string of the molecule is CC(=O)c1c(N=S(c2ccccc2)c2ccccc2)n(C)c(=O)n(C)c1=O. The lowest BCUT2D eigenvalue weighted by Crippen LogP contribution is -2.39. The van der Waals surface area contributed by atoms with E-state index in [4.69, 9.17) is 4.36 Å². The number of aromatic nitrogens is 2. The van der Waals surface area contributed by atoms with E-state index >= 15 is 0 Å². The van der Waals surface area contributed by atoms with Crippen molar-refractivity contribution in [2.45, 2.75) is 16.7 Å². The van der Waals surface area contributed by atoms with Crippen LogP contribution in [0.3, 0.4) is 0 Å². The second-order valence-corrected chi connectivity index (χ2v) is 7.66. The van der Waals surface area contributed by atoms with Gasteiger partial charge >= 0.3 is 5.69 Å². The minimum absolute atomic E-state index is 0.0797. The molecular weight excluding hydrogens is 362 g/mol. The third-order valence-corrected chi connectivity index (χ3v) is 5.89. The van der Waals surface area contributed by atoms with Crippen molar-refractivity contribution in [3.8, 4) is 0 Å². The number of benzene rings is 2. The van der Waals surface area contributed by atoms with E-state index in [2.05, 4.69) is 0 Å². The molecule has 0 saturated carbocycles. The molecule has 0 spiro atoms. The highest BCUT2D eigenvalue weighted by atomic mass is 32.2. The molecule has 0 aliphatic heterocycles. The Morgan fingerprint density at radius 2 is 1.33 bits per heavy atom. The van der Waals surface area contributed by atoms with Gasteiger partial charge in [-0.1, -0.05) is 36.4 Å². The molecule has 3 rings (SSSR count). The van der Waals surface area contributed by atoms with Crippen LogP contribution >= 0.6 is 0 Å². The Balaban J connectivity index is 2.40. The highest BCUT2D eigenvalue weighted by Crippen LogP contribution is 2.24. The van der Waals surface area contributed by atoms with Crippen molar-refractivity contribution in [2.75, 3.05) is 0 Å². The summed E-state index contributed by atoms with van der Waals surface area (Å²) in [6, 6.07) is 19.2. The fourth-order valence-electron chi connectivity index (χ4n) is 2.68. The van der Waals surface area contributed by atoms with Gasteiger partial charge in [-0.05, 0) is 41.9 Å². The van der Waals surface area contributed by atoms with Gasteiger partial charge in [0, 0.05) is 23.9 Å². The van der Waals surface area contributed by atoms with Crippen LogP contribution < -0.4 is 11.2 Å². The molecule has 27 heavy (non-hydrogen) atoms. The van der Waals surface area contributed by atoms with E-state index in [1.807, 2.05) is 60.7 Å². The van der Waals surface area contributed by atoms with E-state index in [1.54, 1.807) is 0 Å². The van der Waals surface area contributed by atoms with Crippen molar-refractivity contribution in [2.24, 2.45) is 18.5 Å². The maximum Gasteiger partial charge on any atom is 0.332 e. The van der Waals surface area contributed by atoms with Crippen molar-refractivity contribution >= 4 is 22.3 Å². The number of carbonyl (C=O) groups is 1. The highest BCUT2D eigenvalue weighted by molar-refractivity contribution is 7.87. The molecule has 0 bridgehead atoms. The minimum atomic E-state index is -0.798. The molecule has 0 atom stereocenters. The molecule has 3 aromatic rings. The lowest BCUT2D eigenvalue weighted by molar-refractivity contribution is 0.101. The largest absolute Gasteiger partial charge is 0.332 e. The average molecular weight is 381 g/mol. The van der Waals surface area contributed by atoms with Gasteiger partial charge < -0.3 is 0 Å². The molecule has 2 aromatic carbocycles. The van der Waals surface area contributed by atoms with Crippen molar-refractivity contribution in [3.63, 3.8) is 0 Å². The van der Waals surface area contributed by atoms with E-state index in [9.17, 15) is 14.4 Å². The highest BCUT2D eigenvalue weighted by Gasteiger charge is 2.20. The summed E-state index contributed by atoms with van der Waals surface area (Å²) in [6.07, 6.45) is 0. The molecule has 138 valence electrons. The van der Waals surface area contributed by atoms with Crippen LogP contribution in [0.1, 0.15) is 17.3 Å². The summed E-state index contributed by atoms with van der Waals surface area (Å²) in [7, 11) is 2.08. The molecule has 6 nitrogen and oxygen atoms in total. The first-order chi connectivity index (χ1) is 12.9. The normalized spacial score (nSPS) is 10.8. The van der Waals surface area contributed by atoms with E-state index in [1.165, 1.54) is 25.6 Å². The van der Waals surface area contributed by atoms with Crippen LogP contribution in [0.5, 0.6) is 0 Å². The first-order valence-electron chi connectivity index (χ1n) is 8.29. The molecule has 0 N–H and O–H groups in total. The third-order valence-electron chi connectivity index (χ3n) is 4.10. The lowest BCUT2D eigenvalue weighted by atomic mass is 10.2. The molecule has 1 heterocycles. The molecule has 0 unspecified atom stereocenters. The zero-order valence-electron chi connectivity index (χ0n) is 15.2. The van der Waals surface area contributed by atoms with Gasteiger partial charge in [-0.15, -0.1) is 0 Å². The van der Waals surface area contributed by atoms with Gasteiger partial charge in [0.15, 0.2) is 11.6 Å². The lowest BCUT2D eigenvalue weighted by Gasteiger charge is -2.13. The second-order valence-electron chi connectivity index (χ2n) is 5.96. The molecule has 0 amide bonds. The van der Waals surface area contributed by atoms with Crippen LogP contribution in [0.2, 0.25) is 0 Å². The Morgan fingerprint density at radius 1 is 0.852 bits per heavy atom. The van der Waals surface area contributed by atoms with Crippen molar-refractivity contribution in [3.05, 3.63) is 87.1 Å². The molecule has 0 aliphatic carbocycles. The maximum atomic E-state index is 12.5. The van der Waals surface area contributed by atoms with Crippen LogP contribution in [0.4, 0.5) is 5.82 Å². The molecule has 1 aromatic heterocycles. The van der Waals surface area contributed by atoms with Gasteiger partial charge in [0.05, 0.1) is 0 Å². The van der Waals surface area contributed by atoms with E-state index < -0.39 is 27.7 Å². The third kappa shape index (κ3) is 3.59. The Hall–Kier alpha value is -3.06. The first-order valence-corrected chi connectivity index (χ1v) is 9.47. The average Bonchev–Trinajstić information content (AvgIpc) is 2.69. The number of Topliss-reactive ketones (excluding diaryl/α,β-unsaturated/α-hetero) is 1. The van der Waals surface area contributed by atoms with Gasteiger partial charge in [-0.2, -0.15) is 4.36 Å². The fraction of sp³-hybridized carbons (Fsp3) is 0.150. The van der Waals surface area contributed by atoms with Crippen molar-refractivity contribution in [1.82, 2.24) is 9.13 Å². The summed E-state index contributed by atoms with van der Waals surface area (Å²) >= 11 is 0. The fourth-order valence-corrected chi connectivity index (χ4v) is 4.37. The Kier molecular flexibility index (Phi) is 5.32. The van der Waals surface area contributed by atoms with Crippen LogP contribution in [0.25, 0.3) is 0 Å². The van der Waals surface area contributed by atoms with Crippen LogP contribution in [-0.4, -0.2) is 14.9 Å². The minimum Gasteiger partial charge on any atom is -0.294 e. The number of ketones is 1. The first kappa shape index (κ1) is 18.7. The summed E-state index contributed by atoms with van der Waals surface area (Å²) < 4.78 is 6.92. The van der Waals surface area contributed by atoms with E-state index in [0.717, 1.165) is 14.4 Å². The Morgan fingerprint density at radius 3 is 1.78 bits per heavy atom. The van der Waals surface area contributed by atoms with Crippen molar-refractivity contribution in [1.29, 1.82) is 0 Å². The number of nitrogens with zero attached hydrogens (tertiary/aromatic N) is 3. The van der Waals surface area contributed by atoms with Crippen LogP contribution in [0.15, 0.2) is 84.4 Å². The van der Waals surface area contributed by atoms with Gasteiger partial charge in [0.1, 0.15) is 5.56 Å². The van der Waals surface area contributed by atoms with Crippen LogP contribution in [0, 0.1) is 0 Å². The number of hydrogen-bond acceptors (Lipinski definition) is 4. The van der Waals surface area contributed by atoms with E-state index in [-0.39, 0.29) is 11.4 Å². The summed E-state index contributed by atoms with van der Waals surface area (Å²) in [6.45, 7) is 1.31. The monoisotopic (exact) mass is 381 g/mol. The van der Waals surface area contributed by atoms with Gasteiger partial charge in [-0.25, -0.2) is 4.79 Å². The maximum absolute atomic E-state index is 12.5. The standard InChI is InChI=1S/C20H19N3O3S/c1-14(24)17-18(22(2)20(26)23(3)19(17)25)21-27(15-10-6-4-7-11-15)16-12-8-5-9-13-16/h4-13H,1-3H3. The summed E-state index contributed by atoms with van der Waals surface area (Å²) in [5.41, 5.74) is -1.23. The molecule has 0 fully saturated rings. The molecule has 0 radical (unpaired) electrons. The molecule has 7 heteroatoms. The predicted octanol–water partition coefficient (Wildman–Crippen LogP) is 2.84. The number of hydrogen-bond donors (Lipinski definition) is 0. The quantitative estimate of drug-likeness (QED) is 0.652. The zero-order chi connectivity index (χ0) is 19.6. The summed E-state index contributed by atoms with van der Waals surface area (Å²) in [4.78, 5) is 38.9. The van der Waals surface area contributed by atoms with E-state index in [0.29, 0.717) is 0 Å². The van der Waals surface area contributed by atoms with Crippen molar-refractivity contribution < 1.29 is 4.79 Å². The Bertz CT molecular complexity index is 1110. The topological polar surface area (TPSA) is 73.4 Å². The summed E-state index contributed by atoms with van der Waals surface area (Å²) in [5, 5.41) is 0. The molecule has 0 aliphatic rings. The number of rotatable bonds is 4. The van der Waals surface area contributed by atoms with Gasteiger partial charge in [-0.3, -0.25) is 18.7 Å².